The van der Waals surface area contributed by atoms with E-state index in [2.05, 4.69) is 31.0 Å². The quantitative estimate of drug-likeness (QED) is 0.637. The summed E-state index contributed by atoms with van der Waals surface area (Å²) in [6.45, 7) is 4.23. The number of hydrogen-bond acceptors (Lipinski definition) is 3. The lowest BCUT2D eigenvalue weighted by atomic mass is 9.90. The first-order valence-corrected chi connectivity index (χ1v) is 7.01. The number of hydrogen-bond donors (Lipinski definition) is 2. The van der Waals surface area contributed by atoms with Gasteiger partial charge in [0.25, 0.3) is 0 Å². The van der Waals surface area contributed by atoms with Gasteiger partial charge in [-0.2, -0.15) is 0 Å². The van der Waals surface area contributed by atoms with Gasteiger partial charge in [-0.25, -0.2) is 4.98 Å². The number of rotatable bonds is 4. The molecule has 1 aliphatic rings. The number of nitrogens with one attached hydrogen (secondary N) is 1. The van der Waals surface area contributed by atoms with Crippen LogP contribution in [0.1, 0.15) is 44.6 Å². The normalized spacial score (nSPS) is 26.5. The Morgan fingerprint density at radius 1 is 1.58 bits per heavy atom. The third kappa shape index (κ3) is 3.03. The molecule has 0 spiro atoms. The zero-order chi connectivity index (χ0) is 13.8. The minimum atomic E-state index is 0.352. The third-order valence-corrected chi connectivity index (χ3v) is 4.20. The average Bonchev–Trinajstić information content (AvgIpc) is 2.82. The summed E-state index contributed by atoms with van der Waals surface area (Å²) in [4.78, 5) is 4.20. The second-order valence-corrected chi connectivity index (χ2v) is 5.55. The van der Waals surface area contributed by atoms with Gasteiger partial charge >= 0.3 is 0 Å². The molecule has 3 atom stereocenters. The van der Waals surface area contributed by atoms with Crippen molar-refractivity contribution in [3.05, 3.63) is 35.5 Å². The Balaban J connectivity index is 2.15. The minimum Gasteiger partial charge on any atom is -0.383 e. The van der Waals surface area contributed by atoms with Crippen molar-refractivity contribution in [2.75, 3.05) is 5.73 Å². The van der Waals surface area contributed by atoms with Crippen molar-refractivity contribution in [2.24, 2.45) is 11.8 Å². The van der Waals surface area contributed by atoms with Gasteiger partial charge < -0.3 is 11.1 Å². The first-order chi connectivity index (χ1) is 9.15. The van der Waals surface area contributed by atoms with Gasteiger partial charge in [0.15, 0.2) is 0 Å². The summed E-state index contributed by atoms with van der Waals surface area (Å²) < 4.78 is 0. The molecule has 1 aromatic rings. The van der Waals surface area contributed by atoms with Crippen LogP contribution in [0.2, 0.25) is 0 Å². The SMILES string of the molecule is CC=C1CC(c2cccnc2N)CC1CC(C)C=N. The van der Waals surface area contributed by atoms with Crippen LogP contribution in [0, 0.1) is 17.2 Å². The smallest absolute Gasteiger partial charge is 0.126 e. The van der Waals surface area contributed by atoms with E-state index in [1.807, 2.05) is 6.07 Å². The Morgan fingerprint density at radius 2 is 2.37 bits per heavy atom. The molecule has 3 heteroatoms. The number of pyridine rings is 1. The highest BCUT2D eigenvalue weighted by atomic mass is 14.8. The maximum Gasteiger partial charge on any atom is 0.126 e. The van der Waals surface area contributed by atoms with Crippen LogP contribution in [-0.2, 0) is 0 Å². The van der Waals surface area contributed by atoms with Crippen LogP contribution in [0.3, 0.4) is 0 Å². The fraction of sp³-hybridized carbons (Fsp3) is 0.500. The van der Waals surface area contributed by atoms with Crippen molar-refractivity contribution in [1.29, 1.82) is 5.41 Å². The monoisotopic (exact) mass is 257 g/mol. The van der Waals surface area contributed by atoms with E-state index in [1.54, 1.807) is 12.4 Å². The first kappa shape index (κ1) is 13.8. The van der Waals surface area contributed by atoms with Gasteiger partial charge in [0.2, 0.25) is 0 Å². The molecule has 0 aromatic carbocycles. The maximum atomic E-state index is 7.37. The van der Waals surface area contributed by atoms with E-state index >= 15 is 0 Å². The summed E-state index contributed by atoms with van der Waals surface area (Å²) in [5, 5.41) is 7.37. The van der Waals surface area contributed by atoms with E-state index in [0.29, 0.717) is 23.6 Å². The molecule has 1 fully saturated rings. The molecular formula is C16H23N3. The van der Waals surface area contributed by atoms with Crippen molar-refractivity contribution in [3.63, 3.8) is 0 Å². The molecule has 0 bridgehead atoms. The van der Waals surface area contributed by atoms with Crippen molar-refractivity contribution < 1.29 is 0 Å². The summed E-state index contributed by atoms with van der Waals surface area (Å²) in [7, 11) is 0. The van der Waals surface area contributed by atoms with Crippen molar-refractivity contribution in [3.8, 4) is 0 Å². The predicted octanol–water partition coefficient (Wildman–Crippen LogP) is 3.78. The largest absolute Gasteiger partial charge is 0.383 e. The molecule has 19 heavy (non-hydrogen) atoms. The summed E-state index contributed by atoms with van der Waals surface area (Å²) >= 11 is 0. The Kier molecular flexibility index (Phi) is 4.35. The van der Waals surface area contributed by atoms with Crippen LogP contribution in [0.25, 0.3) is 0 Å². The van der Waals surface area contributed by atoms with E-state index in [4.69, 9.17) is 11.1 Å². The van der Waals surface area contributed by atoms with Gasteiger partial charge in [0, 0.05) is 6.20 Å². The van der Waals surface area contributed by atoms with Gasteiger partial charge in [-0.05, 0) is 61.8 Å². The lowest BCUT2D eigenvalue weighted by molar-refractivity contribution is 0.502. The molecule has 0 aliphatic heterocycles. The number of nitrogens with zero attached hydrogens (tertiary/aromatic N) is 1. The minimum absolute atomic E-state index is 0.352. The Labute approximate surface area is 115 Å². The molecule has 102 valence electrons. The maximum absolute atomic E-state index is 7.37. The predicted molar refractivity (Wildman–Crippen MR) is 80.4 cm³/mol. The molecule has 1 aromatic heterocycles. The summed E-state index contributed by atoms with van der Waals surface area (Å²) in [5.74, 6) is 2.10. The molecule has 1 aliphatic carbocycles. The van der Waals surface area contributed by atoms with Crippen molar-refractivity contribution in [1.82, 2.24) is 4.98 Å². The Hall–Kier alpha value is -1.64. The molecule has 0 radical (unpaired) electrons. The zero-order valence-corrected chi connectivity index (χ0v) is 11.8. The van der Waals surface area contributed by atoms with Gasteiger partial charge in [-0.1, -0.05) is 24.6 Å². The number of nitrogens with two attached hydrogens (primary N) is 1. The van der Waals surface area contributed by atoms with Crippen molar-refractivity contribution in [2.45, 2.75) is 39.0 Å². The number of nitrogen functional groups attached to an aromatic ring is 1. The van der Waals surface area contributed by atoms with Crippen molar-refractivity contribution >= 4 is 12.0 Å². The topological polar surface area (TPSA) is 62.8 Å². The molecule has 1 heterocycles. The lowest BCUT2D eigenvalue weighted by Crippen LogP contribution is -2.06. The molecule has 0 saturated heterocycles. The van der Waals surface area contributed by atoms with Crippen LogP contribution in [0.15, 0.2) is 30.0 Å². The molecule has 3 unspecified atom stereocenters. The average molecular weight is 257 g/mol. The lowest BCUT2D eigenvalue weighted by Gasteiger charge is -2.15. The molecule has 3 nitrogen and oxygen atoms in total. The molecule has 3 N–H and O–H groups in total. The van der Waals surface area contributed by atoms with E-state index in [0.717, 1.165) is 19.3 Å². The van der Waals surface area contributed by atoms with Crippen LogP contribution >= 0.6 is 0 Å². The Morgan fingerprint density at radius 3 is 3.00 bits per heavy atom. The number of aromatic nitrogens is 1. The zero-order valence-electron chi connectivity index (χ0n) is 11.8. The third-order valence-electron chi connectivity index (χ3n) is 4.20. The molecule has 0 amide bonds. The van der Waals surface area contributed by atoms with Gasteiger partial charge in [-0.3, -0.25) is 0 Å². The van der Waals surface area contributed by atoms with Gasteiger partial charge in [0.1, 0.15) is 5.82 Å². The van der Waals surface area contributed by atoms with Crippen LogP contribution in [-0.4, -0.2) is 11.2 Å². The van der Waals surface area contributed by atoms with Crippen LogP contribution in [0.5, 0.6) is 0 Å². The van der Waals surface area contributed by atoms with Gasteiger partial charge in [-0.15, -0.1) is 0 Å². The number of anilines is 1. The van der Waals surface area contributed by atoms with Crippen LogP contribution in [0.4, 0.5) is 5.82 Å². The second kappa shape index (κ2) is 6.00. The molecule has 1 saturated carbocycles. The van der Waals surface area contributed by atoms with E-state index < -0.39 is 0 Å². The van der Waals surface area contributed by atoms with E-state index in [-0.39, 0.29) is 0 Å². The second-order valence-electron chi connectivity index (χ2n) is 5.55. The highest BCUT2D eigenvalue weighted by Crippen LogP contribution is 2.45. The molecular weight excluding hydrogens is 234 g/mol. The van der Waals surface area contributed by atoms with E-state index in [9.17, 15) is 0 Å². The highest BCUT2D eigenvalue weighted by Gasteiger charge is 2.31. The molecule has 2 rings (SSSR count). The fourth-order valence-corrected chi connectivity index (χ4v) is 3.16. The summed E-state index contributed by atoms with van der Waals surface area (Å²) in [6.07, 6.45) is 8.83. The standard InChI is InChI=1S/C16H23N3/c1-3-12-8-14(9-13(12)7-11(2)10-17)15-5-4-6-19-16(15)18/h3-6,10-11,13-14,17H,7-9H2,1-2H3,(H2,18,19). The van der Waals surface area contributed by atoms with E-state index in [1.165, 1.54) is 11.1 Å². The summed E-state index contributed by atoms with van der Waals surface area (Å²) in [5.41, 5.74) is 8.70. The highest BCUT2D eigenvalue weighted by molar-refractivity contribution is 5.56. The number of allylic oxidation sites excluding steroid dienone is 2. The summed E-state index contributed by atoms with van der Waals surface area (Å²) in [6, 6.07) is 4.07. The van der Waals surface area contributed by atoms with Gasteiger partial charge in [0.05, 0.1) is 0 Å². The Bertz CT molecular complexity index is 479. The fourth-order valence-electron chi connectivity index (χ4n) is 3.16. The first-order valence-electron chi connectivity index (χ1n) is 7.01. The van der Waals surface area contributed by atoms with Crippen LogP contribution < -0.4 is 5.73 Å².